The normalized spacial score (nSPS) is 17.1. The number of ether oxygens (including phenoxy) is 2. The summed E-state index contributed by atoms with van der Waals surface area (Å²) in [5.74, 6) is 1.58. The smallest absolute Gasteiger partial charge is 0.454 e. The summed E-state index contributed by atoms with van der Waals surface area (Å²) in [5.41, 5.74) is 2.79. The lowest BCUT2D eigenvalue weighted by atomic mass is 9.81. The third-order valence-electron chi connectivity index (χ3n) is 4.09. The van der Waals surface area contributed by atoms with Crippen LogP contribution in [-0.4, -0.2) is 37.4 Å². The number of nitrogens with zero attached hydrogens (tertiary/aromatic N) is 1. The molecule has 0 amide bonds. The Hall–Kier alpha value is -2.05. The Kier molecular flexibility index (Phi) is 5.38. The Morgan fingerprint density at radius 3 is 2.88 bits per heavy atom. The molecule has 0 aliphatic carbocycles. The van der Waals surface area contributed by atoms with Crippen molar-refractivity contribution in [2.45, 2.75) is 25.6 Å². The molecule has 0 bridgehead atoms. The fourth-order valence-electron chi connectivity index (χ4n) is 2.81. The molecule has 24 heavy (non-hydrogen) atoms. The van der Waals surface area contributed by atoms with Gasteiger partial charge in [-0.25, -0.2) is 0 Å². The minimum Gasteiger partial charge on any atom is -0.493 e. The van der Waals surface area contributed by atoms with E-state index in [2.05, 4.69) is 6.92 Å². The molecule has 1 N–H and O–H groups in total. The Morgan fingerprint density at radius 1 is 1.29 bits per heavy atom. The maximum atomic E-state index is 9.54. The average Bonchev–Trinajstić information content (AvgIpc) is 3.06. The van der Waals surface area contributed by atoms with Gasteiger partial charge in [-0.1, -0.05) is 13.0 Å². The molecule has 5 nitrogen and oxygen atoms in total. The minimum absolute atomic E-state index is 0.133. The van der Waals surface area contributed by atoms with E-state index in [0.717, 1.165) is 34.9 Å². The van der Waals surface area contributed by atoms with E-state index in [-0.39, 0.29) is 5.92 Å². The van der Waals surface area contributed by atoms with Crippen molar-refractivity contribution in [3.63, 3.8) is 0 Å². The zero-order chi connectivity index (χ0) is 16.9. The monoisotopic (exact) mass is 327 g/mol. The zero-order valence-electron chi connectivity index (χ0n) is 14.1. The molecule has 3 rings (SSSR count). The summed E-state index contributed by atoms with van der Waals surface area (Å²) in [4.78, 5) is 4.75. The van der Waals surface area contributed by atoms with Crippen molar-refractivity contribution in [2.24, 2.45) is 0 Å². The fourth-order valence-corrected chi connectivity index (χ4v) is 2.81. The van der Waals surface area contributed by atoms with Crippen molar-refractivity contribution in [3.05, 3.63) is 42.1 Å². The van der Waals surface area contributed by atoms with Gasteiger partial charge >= 0.3 is 7.12 Å². The molecule has 6 heteroatoms. The second-order valence-corrected chi connectivity index (χ2v) is 5.88. The number of rotatable bonds is 6. The van der Waals surface area contributed by atoms with Crippen molar-refractivity contribution < 1.29 is 19.2 Å². The van der Waals surface area contributed by atoms with Crippen LogP contribution in [0.3, 0.4) is 0 Å². The second kappa shape index (κ2) is 7.68. The predicted octanol–water partition coefficient (Wildman–Crippen LogP) is 3.14. The molecule has 1 atom stereocenters. The summed E-state index contributed by atoms with van der Waals surface area (Å²) in [5, 5.41) is 9.54. The van der Waals surface area contributed by atoms with Crippen LogP contribution in [0.4, 0.5) is 0 Å². The van der Waals surface area contributed by atoms with Gasteiger partial charge in [-0.15, -0.1) is 0 Å². The van der Waals surface area contributed by atoms with E-state index in [1.165, 1.54) is 0 Å². The lowest BCUT2D eigenvalue weighted by Gasteiger charge is -2.13. The van der Waals surface area contributed by atoms with E-state index in [1.807, 2.05) is 36.4 Å². The average molecular weight is 327 g/mol. The van der Waals surface area contributed by atoms with Gasteiger partial charge < -0.3 is 19.2 Å². The van der Waals surface area contributed by atoms with Crippen molar-refractivity contribution >= 4 is 7.12 Å². The molecule has 0 radical (unpaired) electrons. The molecule has 1 aromatic carbocycles. The zero-order valence-corrected chi connectivity index (χ0v) is 14.1. The molecule has 1 fully saturated rings. The van der Waals surface area contributed by atoms with Gasteiger partial charge in [0.05, 0.1) is 19.4 Å². The Bertz CT molecular complexity index is 694. The standard InChI is InChI=1S/C18H22BNO4/c1-3-9-23-18-10-13(7-8-17(18)22-2)15-5-4-6-16(20-15)14-11-19(21)24-12-14/h4-8,10,14,21H,3,9,11-12H2,1-2H3/t14-/m1/s1. The highest BCUT2D eigenvalue weighted by Crippen LogP contribution is 2.33. The van der Waals surface area contributed by atoms with E-state index < -0.39 is 7.12 Å². The van der Waals surface area contributed by atoms with Crippen LogP contribution in [-0.2, 0) is 4.65 Å². The second-order valence-electron chi connectivity index (χ2n) is 5.88. The Labute approximate surface area is 142 Å². The Balaban J connectivity index is 1.88. The lowest BCUT2D eigenvalue weighted by molar-refractivity contribution is 0.291. The van der Waals surface area contributed by atoms with Crippen molar-refractivity contribution in [2.75, 3.05) is 20.3 Å². The third kappa shape index (κ3) is 3.71. The van der Waals surface area contributed by atoms with Gasteiger partial charge in [-0.3, -0.25) is 4.98 Å². The first-order valence-electron chi connectivity index (χ1n) is 8.29. The molecule has 126 valence electrons. The molecule has 2 aromatic rings. The van der Waals surface area contributed by atoms with E-state index in [0.29, 0.717) is 19.5 Å². The number of hydrogen-bond donors (Lipinski definition) is 1. The molecule has 1 aliphatic rings. The third-order valence-corrected chi connectivity index (χ3v) is 4.09. The first-order chi connectivity index (χ1) is 11.7. The number of aromatic nitrogens is 1. The topological polar surface area (TPSA) is 60.8 Å². The molecule has 1 aromatic heterocycles. The molecule has 1 aliphatic heterocycles. The first kappa shape index (κ1) is 16.8. The number of hydrogen-bond acceptors (Lipinski definition) is 5. The number of methoxy groups -OCH3 is 1. The maximum Gasteiger partial charge on any atom is 0.454 e. The van der Waals surface area contributed by atoms with E-state index >= 15 is 0 Å². The number of benzene rings is 1. The maximum absolute atomic E-state index is 9.54. The lowest BCUT2D eigenvalue weighted by Crippen LogP contribution is -2.08. The highest BCUT2D eigenvalue weighted by molar-refractivity contribution is 6.43. The van der Waals surface area contributed by atoms with Crippen LogP contribution < -0.4 is 9.47 Å². The molecule has 0 unspecified atom stereocenters. The van der Waals surface area contributed by atoms with Gasteiger partial charge in [0.2, 0.25) is 0 Å². The molecule has 1 saturated heterocycles. The molecular formula is C18H22BNO4. The van der Waals surface area contributed by atoms with Gasteiger partial charge in [0.15, 0.2) is 11.5 Å². The predicted molar refractivity (Wildman–Crippen MR) is 93.5 cm³/mol. The van der Waals surface area contributed by atoms with Crippen molar-refractivity contribution in [1.82, 2.24) is 4.98 Å². The van der Waals surface area contributed by atoms with Crippen LogP contribution in [0.1, 0.15) is 25.0 Å². The molecular weight excluding hydrogens is 305 g/mol. The van der Waals surface area contributed by atoms with Crippen LogP contribution in [0.5, 0.6) is 11.5 Å². The summed E-state index contributed by atoms with van der Waals surface area (Å²) in [6, 6.07) is 11.8. The van der Waals surface area contributed by atoms with E-state index in [4.69, 9.17) is 19.1 Å². The fraction of sp³-hybridized carbons (Fsp3) is 0.389. The van der Waals surface area contributed by atoms with E-state index in [9.17, 15) is 5.02 Å². The van der Waals surface area contributed by atoms with Crippen LogP contribution in [0.15, 0.2) is 36.4 Å². The van der Waals surface area contributed by atoms with Crippen LogP contribution in [0, 0.1) is 0 Å². The minimum atomic E-state index is -0.685. The highest BCUT2D eigenvalue weighted by Gasteiger charge is 2.30. The van der Waals surface area contributed by atoms with Crippen molar-refractivity contribution in [1.29, 1.82) is 0 Å². The largest absolute Gasteiger partial charge is 0.493 e. The first-order valence-corrected chi connectivity index (χ1v) is 8.29. The summed E-state index contributed by atoms with van der Waals surface area (Å²) in [6.07, 6.45) is 1.52. The van der Waals surface area contributed by atoms with Gasteiger partial charge in [0.1, 0.15) is 0 Å². The van der Waals surface area contributed by atoms with E-state index in [1.54, 1.807) is 7.11 Å². The molecule has 0 spiro atoms. The van der Waals surface area contributed by atoms with Gasteiger partial charge in [0.25, 0.3) is 0 Å². The van der Waals surface area contributed by atoms with Gasteiger partial charge in [0, 0.05) is 23.8 Å². The summed E-state index contributed by atoms with van der Waals surface area (Å²) in [7, 11) is 0.952. The summed E-state index contributed by atoms with van der Waals surface area (Å²) < 4.78 is 16.4. The summed E-state index contributed by atoms with van der Waals surface area (Å²) in [6.45, 7) is 3.22. The summed E-state index contributed by atoms with van der Waals surface area (Å²) >= 11 is 0. The van der Waals surface area contributed by atoms with Crippen LogP contribution >= 0.6 is 0 Å². The highest BCUT2D eigenvalue weighted by atomic mass is 16.5. The van der Waals surface area contributed by atoms with Gasteiger partial charge in [-0.05, 0) is 43.1 Å². The number of pyridine rings is 1. The molecule has 2 heterocycles. The van der Waals surface area contributed by atoms with Gasteiger partial charge in [-0.2, -0.15) is 0 Å². The van der Waals surface area contributed by atoms with Crippen molar-refractivity contribution in [3.8, 4) is 22.8 Å². The van der Waals surface area contributed by atoms with Crippen LogP contribution in [0.2, 0.25) is 6.32 Å². The van der Waals surface area contributed by atoms with Crippen LogP contribution in [0.25, 0.3) is 11.3 Å². The SMILES string of the molecule is CCCOc1cc(-c2cccc([C@H]3COB(O)C3)n2)ccc1OC. The quantitative estimate of drug-likeness (QED) is 0.826. The molecule has 0 saturated carbocycles. The Morgan fingerprint density at radius 2 is 2.17 bits per heavy atom.